The molecular weight excluding hydrogens is 546 g/mol. The largest absolute Gasteiger partial charge is 0.495 e. The molecule has 1 aliphatic rings. The minimum Gasteiger partial charge on any atom is -0.495 e. The fourth-order valence-corrected chi connectivity index (χ4v) is 6.38. The van der Waals surface area contributed by atoms with Gasteiger partial charge in [-0.15, -0.1) is 0 Å². The zero-order valence-corrected chi connectivity index (χ0v) is 26.7. The molecule has 1 aromatic carbocycles. The summed E-state index contributed by atoms with van der Waals surface area (Å²) >= 11 is 6.45. The first-order valence-electron chi connectivity index (χ1n) is 14.3. The second-order valence-corrected chi connectivity index (χ2v) is 17.5. The highest BCUT2D eigenvalue weighted by atomic mass is 35.5. The predicted molar refractivity (Wildman–Crippen MR) is 165 cm³/mol. The maximum absolute atomic E-state index is 13.8. The topological polar surface area (TPSA) is 92.3 Å². The van der Waals surface area contributed by atoms with Crippen LogP contribution in [0, 0.1) is 0 Å². The second kappa shape index (κ2) is 12.1. The number of aromatic nitrogens is 4. The zero-order chi connectivity index (χ0) is 29.2. The van der Waals surface area contributed by atoms with Gasteiger partial charge in [0.1, 0.15) is 5.75 Å². The van der Waals surface area contributed by atoms with Crippen LogP contribution in [0.2, 0.25) is 23.2 Å². The van der Waals surface area contributed by atoms with E-state index in [0.29, 0.717) is 47.6 Å². The third kappa shape index (κ3) is 6.18. The van der Waals surface area contributed by atoms with E-state index in [1.807, 2.05) is 29.7 Å². The maximum Gasteiger partial charge on any atom is 0.332 e. The predicted octanol–water partition coefficient (Wildman–Crippen LogP) is 5.86. The molecule has 40 heavy (non-hydrogen) atoms. The van der Waals surface area contributed by atoms with Crippen LogP contribution in [0.5, 0.6) is 5.75 Å². The van der Waals surface area contributed by atoms with Gasteiger partial charge in [-0.05, 0) is 55.6 Å². The number of anilines is 1. The molecule has 2 heterocycles. The third-order valence-electron chi connectivity index (χ3n) is 8.51. The van der Waals surface area contributed by atoms with Gasteiger partial charge in [0.2, 0.25) is 5.95 Å². The van der Waals surface area contributed by atoms with Crippen LogP contribution in [-0.2, 0) is 24.1 Å². The van der Waals surface area contributed by atoms with E-state index in [4.69, 9.17) is 25.7 Å². The number of hydrogen-bond donors (Lipinski definition) is 1. The van der Waals surface area contributed by atoms with E-state index in [1.165, 1.54) is 11.0 Å². The quantitative estimate of drug-likeness (QED) is 0.298. The van der Waals surface area contributed by atoms with Gasteiger partial charge in [0.15, 0.2) is 19.5 Å². The van der Waals surface area contributed by atoms with Crippen LogP contribution in [-0.4, -0.2) is 46.8 Å². The summed E-state index contributed by atoms with van der Waals surface area (Å²) < 4.78 is 16.5. The van der Waals surface area contributed by atoms with Gasteiger partial charge < -0.3 is 14.5 Å². The van der Waals surface area contributed by atoms with Crippen molar-refractivity contribution in [1.82, 2.24) is 18.7 Å². The standard InChI is InChI=1S/C29H44ClN5O4Si/c1-8-33-26(36)24-25(34(28(33)37)16-17-39-40(6,7)29(2,3)4)32-27(31-21-12-10-9-11-13-21)35(24)19-20-14-15-23(38-5)22(30)18-20/h14-15,18,21H,8-13,16-17,19H2,1-7H3,(H,31,32). The van der Waals surface area contributed by atoms with Crippen LogP contribution in [0.25, 0.3) is 11.2 Å². The van der Waals surface area contributed by atoms with E-state index in [2.05, 4.69) is 39.2 Å². The molecule has 4 rings (SSSR count). The molecule has 0 atom stereocenters. The van der Waals surface area contributed by atoms with E-state index in [9.17, 15) is 9.59 Å². The van der Waals surface area contributed by atoms with Crippen LogP contribution >= 0.6 is 11.6 Å². The first-order chi connectivity index (χ1) is 18.9. The maximum atomic E-state index is 13.8. The monoisotopic (exact) mass is 589 g/mol. The molecule has 2 aromatic heterocycles. The molecule has 9 nitrogen and oxygen atoms in total. The number of nitrogens with zero attached hydrogens (tertiary/aromatic N) is 4. The van der Waals surface area contributed by atoms with Gasteiger partial charge in [-0.1, -0.05) is 57.7 Å². The molecule has 0 radical (unpaired) electrons. The molecule has 0 aliphatic heterocycles. The number of ether oxygens (including phenoxy) is 1. The van der Waals surface area contributed by atoms with Gasteiger partial charge in [-0.3, -0.25) is 18.5 Å². The van der Waals surface area contributed by atoms with Crippen molar-refractivity contribution in [2.24, 2.45) is 0 Å². The molecule has 1 fully saturated rings. The SMILES string of the molecule is CCn1c(=O)c2c(nc(NC3CCCCC3)n2Cc2ccc(OC)c(Cl)c2)n(CCO[Si](C)(C)C(C)(C)C)c1=O. The minimum absolute atomic E-state index is 0.0494. The molecule has 0 saturated heterocycles. The molecule has 0 amide bonds. The van der Waals surface area contributed by atoms with E-state index >= 15 is 0 Å². The fourth-order valence-electron chi connectivity index (χ4n) is 5.06. The second-order valence-electron chi connectivity index (χ2n) is 12.2. The van der Waals surface area contributed by atoms with Gasteiger partial charge in [0, 0.05) is 12.6 Å². The number of benzene rings is 1. The minimum atomic E-state index is -2.02. The summed E-state index contributed by atoms with van der Waals surface area (Å²) in [5.74, 6) is 1.18. The number of nitrogens with one attached hydrogen (secondary N) is 1. The molecule has 220 valence electrons. The summed E-state index contributed by atoms with van der Waals surface area (Å²) in [5.41, 5.74) is 0.988. The van der Waals surface area contributed by atoms with Crippen LogP contribution < -0.4 is 21.3 Å². The average Bonchev–Trinajstić information content (AvgIpc) is 3.24. The Hall–Kier alpha value is -2.56. The Morgan fingerprint density at radius 2 is 1.80 bits per heavy atom. The molecular formula is C29H44ClN5O4Si. The highest BCUT2D eigenvalue weighted by Crippen LogP contribution is 2.36. The van der Waals surface area contributed by atoms with Crippen molar-refractivity contribution in [3.63, 3.8) is 0 Å². The summed E-state index contributed by atoms with van der Waals surface area (Å²) in [6.45, 7) is 14.1. The van der Waals surface area contributed by atoms with E-state index < -0.39 is 8.32 Å². The van der Waals surface area contributed by atoms with Gasteiger partial charge in [-0.2, -0.15) is 4.98 Å². The first-order valence-corrected chi connectivity index (χ1v) is 17.6. The van der Waals surface area contributed by atoms with E-state index in [1.54, 1.807) is 11.7 Å². The molecule has 0 unspecified atom stereocenters. The number of hydrogen-bond acceptors (Lipinski definition) is 6. The number of halogens is 1. The lowest BCUT2D eigenvalue weighted by Gasteiger charge is -2.36. The molecule has 1 N–H and O–H groups in total. The van der Waals surface area contributed by atoms with Gasteiger partial charge in [0.25, 0.3) is 5.56 Å². The van der Waals surface area contributed by atoms with Crippen molar-refractivity contribution < 1.29 is 9.16 Å². The molecule has 1 aliphatic carbocycles. The summed E-state index contributed by atoms with van der Waals surface area (Å²) in [5, 5.41) is 4.16. The highest BCUT2D eigenvalue weighted by molar-refractivity contribution is 6.74. The lowest BCUT2D eigenvalue weighted by molar-refractivity contribution is 0.270. The number of fused-ring (bicyclic) bond motifs is 1. The average molecular weight is 590 g/mol. The Labute approximate surface area is 242 Å². The Bertz CT molecular complexity index is 1460. The van der Waals surface area contributed by atoms with Crippen molar-refractivity contribution in [2.45, 2.75) is 104 Å². The van der Waals surface area contributed by atoms with Crippen molar-refractivity contribution >= 4 is 37.0 Å². The van der Waals surface area contributed by atoms with Crippen molar-refractivity contribution in [1.29, 1.82) is 0 Å². The molecule has 3 aromatic rings. The third-order valence-corrected chi connectivity index (χ3v) is 13.3. The van der Waals surface area contributed by atoms with Crippen LogP contribution in [0.3, 0.4) is 0 Å². The van der Waals surface area contributed by atoms with Gasteiger partial charge >= 0.3 is 5.69 Å². The van der Waals surface area contributed by atoms with Gasteiger partial charge in [-0.25, -0.2) is 4.79 Å². The van der Waals surface area contributed by atoms with Crippen LogP contribution in [0.1, 0.15) is 65.4 Å². The molecule has 11 heteroatoms. The highest BCUT2D eigenvalue weighted by Gasteiger charge is 2.37. The Balaban J connectivity index is 1.83. The van der Waals surface area contributed by atoms with Crippen molar-refractivity contribution in [3.05, 3.63) is 49.6 Å². The van der Waals surface area contributed by atoms with E-state index in [0.717, 1.165) is 31.2 Å². The molecule has 0 bridgehead atoms. The summed E-state index contributed by atoms with van der Waals surface area (Å²) in [4.78, 5) is 32.2. The lowest BCUT2D eigenvalue weighted by atomic mass is 9.96. The Morgan fingerprint density at radius 3 is 2.40 bits per heavy atom. The van der Waals surface area contributed by atoms with Crippen molar-refractivity contribution in [3.8, 4) is 5.75 Å². The number of methoxy groups -OCH3 is 1. The summed E-state index contributed by atoms with van der Waals surface area (Å²) in [6.07, 6.45) is 5.63. The van der Waals surface area contributed by atoms with E-state index in [-0.39, 0.29) is 28.9 Å². The fraction of sp³-hybridized carbons (Fsp3) is 0.621. The first kappa shape index (κ1) is 30.4. The summed E-state index contributed by atoms with van der Waals surface area (Å²) in [7, 11) is -0.439. The number of imidazole rings is 1. The van der Waals surface area contributed by atoms with Crippen molar-refractivity contribution in [2.75, 3.05) is 19.0 Å². The normalized spacial score (nSPS) is 15.1. The number of rotatable bonds is 10. The Kier molecular flexibility index (Phi) is 9.21. The Morgan fingerprint density at radius 1 is 1.10 bits per heavy atom. The van der Waals surface area contributed by atoms with Crippen LogP contribution in [0.4, 0.5) is 5.95 Å². The lowest BCUT2D eigenvalue weighted by Crippen LogP contribution is -2.43. The van der Waals surface area contributed by atoms with Gasteiger partial charge in [0.05, 0.1) is 31.8 Å². The summed E-state index contributed by atoms with van der Waals surface area (Å²) in [6, 6.07) is 5.86. The molecule has 0 spiro atoms. The molecule has 1 saturated carbocycles. The smallest absolute Gasteiger partial charge is 0.332 e. The zero-order valence-electron chi connectivity index (χ0n) is 25.0. The van der Waals surface area contributed by atoms with Crippen LogP contribution in [0.15, 0.2) is 27.8 Å².